The number of fused-ring (bicyclic) bond motifs is 17. The number of benzene rings is 16. The summed E-state index contributed by atoms with van der Waals surface area (Å²) in [5.41, 5.74) is 20.2. The summed E-state index contributed by atoms with van der Waals surface area (Å²) in [4.78, 5) is 5.06. The summed E-state index contributed by atoms with van der Waals surface area (Å²) in [6, 6.07) is 130. The molecule has 20 rings (SSSR count). The maximum Gasteiger partial charge on any atom is 0.0546 e. The molecule has 0 unspecified atom stereocenters. The van der Waals surface area contributed by atoms with Crippen molar-refractivity contribution in [2.75, 3.05) is 9.80 Å². The second kappa shape index (κ2) is 21.3. The van der Waals surface area contributed by atoms with Crippen LogP contribution in [-0.2, 0) is 0 Å². The zero-order valence-electron chi connectivity index (χ0n) is 52.2. The Morgan fingerprint density at radius 1 is 0.167 bits per heavy atom. The van der Waals surface area contributed by atoms with Crippen LogP contribution in [0.5, 0.6) is 0 Å². The Bertz CT molecular complexity index is 5810. The molecule has 0 saturated heterocycles. The van der Waals surface area contributed by atoms with Crippen molar-refractivity contribution in [3.05, 3.63) is 352 Å². The molecule has 16 aromatic carbocycles. The molecule has 20 aromatic rings. The largest absolute Gasteiger partial charge is 0.310 e. The van der Waals surface area contributed by atoms with E-state index in [0.29, 0.717) is 0 Å². The lowest BCUT2D eigenvalue weighted by Crippen LogP contribution is -2.12. The normalized spacial score (nSPS) is 12.0. The van der Waals surface area contributed by atoms with Crippen molar-refractivity contribution < 1.29 is 0 Å². The van der Waals surface area contributed by atoms with Crippen molar-refractivity contribution in [3.8, 4) is 22.7 Å². The number of rotatable bonds is 10. The first kappa shape index (κ1) is 53.7. The van der Waals surface area contributed by atoms with Gasteiger partial charge in [-0.1, -0.05) is 194 Å². The Kier molecular flexibility index (Phi) is 11.9. The van der Waals surface area contributed by atoms with Crippen molar-refractivity contribution in [3.63, 3.8) is 0 Å². The Labute approximate surface area is 553 Å². The third-order valence-electron chi connectivity index (χ3n) is 20.0. The third-order valence-corrected chi connectivity index (χ3v) is 20.0. The van der Waals surface area contributed by atoms with E-state index in [4.69, 9.17) is 0 Å². The van der Waals surface area contributed by atoms with Gasteiger partial charge in [-0.25, -0.2) is 0 Å². The van der Waals surface area contributed by atoms with Gasteiger partial charge >= 0.3 is 0 Å². The second-order valence-corrected chi connectivity index (χ2v) is 25.2. The molecule has 0 aliphatic rings. The van der Waals surface area contributed by atoms with Crippen molar-refractivity contribution in [1.29, 1.82) is 0 Å². The van der Waals surface area contributed by atoms with Crippen LogP contribution in [-0.4, -0.2) is 18.3 Å². The van der Waals surface area contributed by atoms with Gasteiger partial charge in [-0.15, -0.1) is 0 Å². The van der Waals surface area contributed by atoms with E-state index in [1.54, 1.807) is 0 Å². The molecule has 448 valence electrons. The molecule has 0 fully saturated rings. The number of nitrogens with zero attached hydrogens (tertiary/aromatic N) is 6. The maximum absolute atomic E-state index is 2.53. The van der Waals surface area contributed by atoms with E-state index in [1.807, 2.05) is 0 Å². The fraction of sp³-hybridized carbons (Fsp3) is 0. The van der Waals surface area contributed by atoms with Crippen LogP contribution in [0.3, 0.4) is 0 Å². The molecule has 96 heavy (non-hydrogen) atoms. The minimum Gasteiger partial charge on any atom is -0.310 e. The van der Waals surface area contributed by atoms with Crippen LogP contribution in [0.15, 0.2) is 352 Å². The topological polar surface area (TPSA) is 26.2 Å². The van der Waals surface area contributed by atoms with Gasteiger partial charge in [-0.2, -0.15) is 0 Å². The summed E-state index contributed by atoms with van der Waals surface area (Å²) in [6.07, 6.45) is 0. The zero-order chi connectivity index (χ0) is 63.0. The zero-order valence-corrected chi connectivity index (χ0v) is 52.2. The van der Waals surface area contributed by atoms with Gasteiger partial charge in [0.25, 0.3) is 0 Å². The van der Waals surface area contributed by atoms with E-state index in [0.717, 1.165) is 95.1 Å². The predicted octanol–water partition coefficient (Wildman–Crippen LogP) is 24.5. The molecule has 0 radical (unpaired) electrons. The van der Waals surface area contributed by atoms with E-state index >= 15 is 0 Å². The highest BCUT2D eigenvalue weighted by molar-refractivity contribution is 6.27. The molecule has 0 aliphatic carbocycles. The summed E-state index contributed by atoms with van der Waals surface area (Å²) in [6.45, 7) is 0. The van der Waals surface area contributed by atoms with Gasteiger partial charge in [0.15, 0.2) is 0 Å². The van der Waals surface area contributed by atoms with Gasteiger partial charge < -0.3 is 28.1 Å². The lowest BCUT2D eigenvalue weighted by molar-refractivity contribution is 1.18. The van der Waals surface area contributed by atoms with Crippen molar-refractivity contribution >= 4 is 154 Å². The first-order valence-corrected chi connectivity index (χ1v) is 33.0. The molecular formula is C90H58N6. The number of para-hydroxylation sites is 8. The fourth-order valence-electron chi connectivity index (χ4n) is 16.0. The number of aromatic nitrogens is 4. The fourth-order valence-corrected chi connectivity index (χ4v) is 16.0. The predicted molar refractivity (Wildman–Crippen MR) is 406 cm³/mol. The molecule has 0 saturated carbocycles. The van der Waals surface area contributed by atoms with Crippen LogP contribution in [0.4, 0.5) is 34.1 Å². The van der Waals surface area contributed by atoms with Crippen molar-refractivity contribution in [1.82, 2.24) is 18.3 Å². The lowest BCUT2D eigenvalue weighted by atomic mass is 9.93. The molecular weight excluding hydrogens is 1170 g/mol. The molecule has 4 aromatic heterocycles. The van der Waals surface area contributed by atoms with Crippen LogP contribution >= 0.6 is 0 Å². The number of hydrogen-bond donors (Lipinski definition) is 0. The average Bonchev–Trinajstić information content (AvgIpc) is 1.57. The van der Waals surface area contributed by atoms with Gasteiger partial charge in [0.05, 0.1) is 55.5 Å². The van der Waals surface area contributed by atoms with Crippen LogP contribution in [0.1, 0.15) is 0 Å². The van der Waals surface area contributed by atoms with Gasteiger partial charge in [0.1, 0.15) is 0 Å². The van der Waals surface area contributed by atoms with Crippen LogP contribution in [0.2, 0.25) is 0 Å². The van der Waals surface area contributed by atoms with E-state index in [9.17, 15) is 0 Å². The SMILES string of the molecule is c1ccc(-n2c3ccccc3c3cc(N(c4ccc5c(c4)c4ccccc4n5-c4ccccc4)c4cc5cc(N(c6ccc7c(c6)c6ccccc6n7-c6ccccc6)c6ccc7c(c6)c6ccccc6n7-c6ccccc6)c6ccccc6c5c5ccccc45)ccc32)cc1. The summed E-state index contributed by atoms with van der Waals surface area (Å²) >= 11 is 0. The summed E-state index contributed by atoms with van der Waals surface area (Å²) in [7, 11) is 0. The Morgan fingerprint density at radius 2 is 0.385 bits per heavy atom. The van der Waals surface area contributed by atoms with Gasteiger partial charge in [-0.3, -0.25) is 0 Å². The standard InChI is InChI=1S/C90H58N6/c1-5-25-60(26-6-1)93-80-41-21-17-35-70(80)76-55-64(45-49-84(76)93)91(65-46-50-85-77(56-65)71-36-18-22-42-81(71)94(85)61-27-7-2-8-28-61)88-53-59-54-89(69-34-14-16-40-75(69)90(59)74-39-15-13-33-68(74)88)92(66-47-51-86-78(57-66)72-37-19-23-43-82(72)95(86)62-29-9-3-10-30-62)67-48-52-87-79(58-67)73-38-20-24-44-83(73)96(87)63-31-11-4-12-32-63/h1-58H. The molecule has 0 N–H and O–H groups in total. The van der Waals surface area contributed by atoms with Crippen molar-refractivity contribution in [2.45, 2.75) is 0 Å². The van der Waals surface area contributed by atoms with Gasteiger partial charge in [-0.05, 0) is 179 Å². The average molecular weight is 1220 g/mol. The Morgan fingerprint density at radius 3 is 0.656 bits per heavy atom. The molecule has 0 atom stereocenters. The Hall–Kier alpha value is -12.9. The third kappa shape index (κ3) is 8.12. The monoisotopic (exact) mass is 1220 g/mol. The number of hydrogen-bond acceptors (Lipinski definition) is 2. The highest BCUT2D eigenvalue weighted by Crippen LogP contribution is 2.51. The molecule has 6 heteroatoms. The highest BCUT2D eigenvalue weighted by atomic mass is 15.2. The molecule has 0 bridgehead atoms. The molecule has 4 heterocycles. The number of anilines is 6. The van der Waals surface area contributed by atoms with Crippen LogP contribution in [0.25, 0.3) is 142 Å². The summed E-state index contributed by atoms with van der Waals surface area (Å²) < 4.78 is 9.63. The smallest absolute Gasteiger partial charge is 0.0546 e. The highest BCUT2D eigenvalue weighted by Gasteiger charge is 2.27. The molecule has 6 nitrogen and oxygen atoms in total. The maximum atomic E-state index is 2.53. The minimum atomic E-state index is 1.06. The quantitative estimate of drug-likeness (QED) is 0.128. The molecule has 0 spiro atoms. The first-order chi connectivity index (χ1) is 47.7. The molecule has 0 aliphatic heterocycles. The molecule has 0 amide bonds. The van der Waals surface area contributed by atoms with Crippen LogP contribution in [0, 0.1) is 0 Å². The van der Waals surface area contributed by atoms with Gasteiger partial charge in [0, 0.05) is 99.4 Å². The second-order valence-electron chi connectivity index (χ2n) is 25.2. The minimum absolute atomic E-state index is 1.06. The van der Waals surface area contributed by atoms with E-state index in [2.05, 4.69) is 380 Å². The van der Waals surface area contributed by atoms with Crippen LogP contribution < -0.4 is 9.80 Å². The summed E-state index contributed by atoms with van der Waals surface area (Å²) in [5, 5.41) is 16.5. The van der Waals surface area contributed by atoms with E-state index in [-0.39, 0.29) is 0 Å². The van der Waals surface area contributed by atoms with Gasteiger partial charge in [0.2, 0.25) is 0 Å². The van der Waals surface area contributed by atoms with Crippen molar-refractivity contribution in [2.24, 2.45) is 0 Å². The lowest BCUT2D eigenvalue weighted by Gasteiger charge is -2.30. The summed E-state index contributed by atoms with van der Waals surface area (Å²) in [5.74, 6) is 0. The van der Waals surface area contributed by atoms with E-state index in [1.165, 1.54) is 81.3 Å². The first-order valence-electron chi connectivity index (χ1n) is 33.0. The van der Waals surface area contributed by atoms with E-state index < -0.39 is 0 Å². The Balaban J connectivity index is 0.875.